The van der Waals surface area contributed by atoms with Crippen molar-refractivity contribution < 1.29 is 30.7 Å². The molecule has 0 atom stereocenters. The molecule has 0 radical (unpaired) electrons. The van der Waals surface area contributed by atoms with Gasteiger partial charge in [0.25, 0.3) is 0 Å². The van der Waals surface area contributed by atoms with Gasteiger partial charge in [0.15, 0.2) is 15.6 Å². The molecular formula is C18H21N3O7S2. The van der Waals surface area contributed by atoms with Gasteiger partial charge in [0.1, 0.15) is 12.7 Å². The Hall–Kier alpha value is -2.73. The first-order valence-corrected chi connectivity index (χ1v) is 12.4. The first-order chi connectivity index (χ1) is 14.0. The number of fused-ring (bicyclic) bond motifs is 1. The number of oxime groups is 1. The summed E-state index contributed by atoms with van der Waals surface area (Å²) in [6.07, 6.45) is 2.25. The Bertz CT molecular complexity index is 1260. The molecule has 0 saturated carbocycles. The van der Waals surface area contributed by atoms with E-state index < -0.39 is 25.7 Å². The number of rotatable bonds is 6. The predicted molar refractivity (Wildman–Crippen MR) is 108 cm³/mol. The van der Waals surface area contributed by atoms with Crippen LogP contribution >= 0.6 is 0 Å². The number of carbonyl (C=O) groups is 1. The van der Waals surface area contributed by atoms with Crippen molar-refractivity contribution >= 4 is 31.5 Å². The zero-order valence-electron chi connectivity index (χ0n) is 16.9. The summed E-state index contributed by atoms with van der Waals surface area (Å²) in [6.45, 7) is 3.61. The summed E-state index contributed by atoms with van der Waals surface area (Å²) < 4.78 is 54.6. The molecule has 0 aliphatic carbocycles. The van der Waals surface area contributed by atoms with Crippen LogP contribution in [0.1, 0.15) is 40.4 Å². The predicted octanol–water partition coefficient (Wildman–Crippen LogP) is 1.31. The molecular weight excluding hydrogens is 434 g/mol. The van der Waals surface area contributed by atoms with Crippen LogP contribution in [0.2, 0.25) is 0 Å². The van der Waals surface area contributed by atoms with Crippen molar-refractivity contribution in [1.82, 2.24) is 9.78 Å². The van der Waals surface area contributed by atoms with Gasteiger partial charge in [-0.15, -0.1) is 0 Å². The first-order valence-electron chi connectivity index (χ1n) is 8.97. The van der Waals surface area contributed by atoms with Crippen molar-refractivity contribution in [3.8, 4) is 5.88 Å². The lowest BCUT2D eigenvalue weighted by Crippen LogP contribution is -2.24. The van der Waals surface area contributed by atoms with Gasteiger partial charge in [0, 0.05) is 24.1 Å². The molecule has 12 heteroatoms. The zero-order chi connectivity index (χ0) is 22.3. The normalized spacial score (nSPS) is 16.9. The Morgan fingerprint density at radius 1 is 1.30 bits per heavy atom. The van der Waals surface area contributed by atoms with Gasteiger partial charge in [-0.3, -0.25) is 4.79 Å². The quantitative estimate of drug-likeness (QED) is 0.361. The topological polar surface area (TPSA) is 134 Å². The summed E-state index contributed by atoms with van der Waals surface area (Å²) >= 11 is 0. The fraction of sp³-hybridized carbons (Fsp3) is 0.389. The molecule has 0 spiro atoms. The molecule has 0 bridgehead atoms. The lowest BCUT2D eigenvalue weighted by molar-refractivity contribution is 0.103. The maximum atomic E-state index is 13.3. The molecule has 1 aromatic heterocycles. The molecule has 30 heavy (non-hydrogen) atoms. The van der Waals surface area contributed by atoms with Gasteiger partial charge >= 0.3 is 10.1 Å². The third kappa shape index (κ3) is 3.97. The molecule has 2 heterocycles. The van der Waals surface area contributed by atoms with Crippen LogP contribution in [0.5, 0.6) is 5.88 Å². The van der Waals surface area contributed by atoms with Gasteiger partial charge in [-0.25, -0.2) is 13.1 Å². The summed E-state index contributed by atoms with van der Waals surface area (Å²) in [5.74, 6) is -0.848. The smallest absolute Gasteiger partial charge is 0.307 e. The molecule has 1 aromatic carbocycles. The molecule has 2 aromatic rings. The molecule has 10 nitrogen and oxygen atoms in total. The molecule has 0 fully saturated rings. The molecule has 0 unspecified atom stereocenters. The highest BCUT2D eigenvalue weighted by molar-refractivity contribution is 7.91. The van der Waals surface area contributed by atoms with Crippen LogP contribution in [0, 0.1) is 6.92 Å². The van der Waals surface area contributed by atoms with Gasteiger partial charge in [-0.05, 0) is 31.5 Å². The van der Waals surface area contributed by atoms with E-state index in [4.69, 9.17) is 9.02 Å². The van der Waals surface area contributed by atoms with E-state index in [0.29, 0.717) is 16.8 Å². The minimum Gasteiger partial charge on any atom is -0.399 e. The van der Waals surface area contributed by atoms with E-state index >= 15 is 0 Å². The number of nitrogens with zero attached hydrogens (tertiary/aromatic N) is 3. The van der Waals surface area contributed by atoms with Gasteiger partial charge in [0.2, 0.25) is 5.88 Å². The van der Waals surface area contributed by atoms with Crippen molar-refractivity contribution in [2.24, 2.45) is 5.16 Å². The van der Waals surface area contributed by atoms with E-state index in [9.17, 15) is 21.6 Å². The Kier molecular flexibility index (Phi) is 5.74. The van der Waals surface area contributed by atoms with Crippen molar-refractivity contribution in [3.63, 3.8) is 0 Å². The average Bonchev–Trinajstić information content (AvgIpc) is 3.04. The summed E-state index contributed by atoms with van der Waals surface area (Å²) in [5, 5.41) is 7.95. The largest absolute Gasteiger partial charge is 0.399 e. The van der Waals surface area contributed by atoms with Crippen molar-refractivity contribution in [2.45, 2.75) is 31.7 Å². The second-order valence-corrected chi connectivity index (χ2v) is 10.3. The van der Waals surface area contributed by atoms with Crippen molar-refractivity contribution in [1.29, 1.82) is 0 Å². The van der Waals surface area contributed by atoms with Crippen LogP contribution in [0.4, 0.5) is 0 Å². The van der Waals surface area contributed by atoms with Gasteiger partial charge < -0.3 is 9.02 Å². The number of benzene rings is 1. The van der Waals surface area contributed by atoms with Crippen LogP contribution in [0.15, 0.2) is 28.4 Å². The Labute approximate surface area is 174 Å². The van der Waals surface area contributed by atoms with Gasteiger partial charge in [-0.1, -0.05) is 5.16 Å². The highest BCUT2D eigenvalue weighted by Gasteiger charge is 2.32. The highest BCUT2D eigenvalue weighted by atomic mass is 32.2. The fourth-order valence-electron chi connectivity index (χ4n) is 3.35. The number of carbonyl (C=O) groups excluding carboxylic acids is 1. The van der Waals surface area contributed by atoms with Crippen LogP contribution in [-0.2, 0) is 31.3 Å². The van der Waals surface area contributed by atoms with Crippen LogP contribution in [0.25, 0.3) is 0 Å². The molecule has 0 saturated heterocycles. The number of ketones is 1. The van der Waals surface area contributed by atoms with Crippen LogP contribution in [-0.4, -0.2) is 57.2 Å². The Morgan fingerprint density at radius 2 is 2.00 bits per heavy atom. The third-order valence-electron chi connectivity index (χ3n) is 4.67. The number of sulfone groups is 1. The lowest BCUT2D eigenvalue weighted by atomic mass is 9.93. The van der Waals surface area contributed by atoms with E-state index in [2.05, 4.69) is 10.3 Å². The monoisotopic (exact) mass is 455 g/mol. The maximum Gasteiger partial charge on any atom is 0.307 e. The second-order valence-electron chi connectivity index (χ2n) is 6.70. The average molecular weight is 456 g/mol. The van der Waals surface area contributed by atoms with E-state index in [1.807, 2.05) is 0 Å². The van der Waals surface area contributed by atoms with Crippen molar-refractivity contribution in [3.05, 3.63) is 40.6 Å². The maximum absolute atomic E-state index is 13.3. The summed E-state index contributed by atoms with van der Waals surface area (Å²) in [5.41, 5.74) is 1.28. The SMILES string of the molecule is CCn1ncc(C(=O)c2ccc3c(c2C)C(=NOC)CCS3(=O)=O)c1OS(C)(=O)=O. The minimum absolute atomic E-state index is 0.0470. The molecule has 1 aliphatic heterocycles. The summed E-state index contributed by atoms with van der Waals surface area (Å²) in [7, 11) is -6.07. The molecule has 162 valence electrons. The van der Waals surface area contributed by atoms with E-state index in [1.165, 1.54) is 30.1 Å². The van der Waals surface area contributed by atoms with Gasteiger partial charge in [-0.2, -0.15) is 13.5 Å². The van der Waals surface area contributed by atoms with E-state index in [0.717, 1.165) is 6.26 Å². The summed E-state index contributed by atoms with van der Waals surface area (Å²) in [4.78, 5) is 18.2. The molecule has 0 N–H and O–H groups in total. The number of hydrogen-bond donors (Lipinski definition) is 0. The summed E-state index contributed by atoms with van der Waals surface area (Å²) in [6, 6.07) is 2.76. The third-order valence-corrected chi connectivity index (χ3v) is 6.88. The minimum atomic E-state index is -3.90. The van der Waals surface area contributed by atoms with Crippen LogP contribution in [0.3, 0.4) is 0 Å². The van der Waals surface area contributed by atoms with Gasteiger partial charge in [0.05, 0.1) is 28.8 Å². The second kappa shape index (κ2) is 7.84. The molecule has 0 amide bonds. The number of aryl methyl sites for hydroxylation is 1. The first kappa shape index (κ1) is 22.0. The number of aromatic nitrogens is 2. The Morgan fingerprint density at radius 3 is 2.60 bits per heavy atom. The number of hydrogen-bond acceptors (Lipinski definition) is 9. The highest BCUT2D eigenvalue weighted by Crippen LogP contribution is 2.32. The van der Waals surface area contributed by atoms with E-state index in [-0.39, 0.29) is 40.6 Å². The molecule has 3 rings (SSSR count). The fourth-order valence-corrected chi connectivity index (χ4v) is 5.35. The lowest BCUT2D eigenvalue weighted by Gasteiger charge is -2.21. The standard InChI is InChI=1S/C18H21N3O7S2/c1-5-21-18(28-29(4,23)24)13(10-19-21)17(22)12-6-7-15-16(11(12)2)14(20-27-3)8-9-30(15,25)26/h6-7,10H,5,8-9H2,1-4H3. The van der Waals surface area contributed by atoms with Crippen molar-refractivity contribution in [2.75, 3.05) is 19.1 Å². The van der Waals surface area contributed by atoms with E-state index in [1.54, 1.807) is 13.8 Å². The zero-order valence-corrected chi connectivity index (χ0v) is 18.5. The van der Waals surface area contributed by atoms with Crippen LogP contribution < -0.4 is 4.18 Å². The molecule has 1 aliphatic rings. The Balaban J connectivity index is 2.20.